The van der Waals surface area contributed by atoms with Gasteiger partial charge in [0.1, 0.15) is 0 Å². The van der Waals surface area contributed by atoms with Crippen molar-refractivity contribution >= 4 is 30.6 Å². The summed E-state index contributed by atoms with van der Waals surface area (Å²) in [5.74, 6) is -1.53. The summed E-state index contributed by atoms with van der Waals surface area (Å²) in [6, 6.07) is 6.35. The van der Waals surface area contributed by atoms with Gasteiger partial charge >= 0.3 is 11.9 Å². The van der Waals surface area contributed by atoms with Crippen LogP contribution in [0.1, 0.15) is 15.9 Å². The Bertz CT molecular complexity index is 434. The number of aliphatic carboxylic acids is 1. The first-order valence-electron chi connectivity index (χ1n) is 4.37. The molecule has 0 spiro atoms. The van der Waals surface area contributed by atoms with Crippen LogP contribution in [0.4, 0.5) is 0 Å². The molecule has 1 rings (SSSR count). The van der Waals surface area contributed by atoms with Crippen molar-refractivity contribution in [2.45, 2.75) is 0 Å². The zero-order chi connectivity index (χ0) is 12.1. The molecule has 0 bridgehead atoms. The van der Waals surface area contributed by atoms with Crippen molar-refractivity contribution in [3.05, 3.63) is 40.3 Å². The molecule has 0 aliphatic heterocycles. The largest absolute Gasteiger partial charge is 0.477 e. The fourth-order valence-corrected chi connectivity index (χ4v) is 1.20. The molecule has 1 aromatic carbocycles. The minimum Gasteiger partial charge on any atom is -0.477 e. The number of carbonyl (C=O) groups excluding carboxylic acids is 1. The van der Waals surface area contributed by atoms with E-state index in [1.165, 1.54) is 13.2 Å². The van der Waals surface area contributed by atoms with Gasteiger partial charge in [-0.1, -0.05) is 12.1 Å². The normalized spacial score (nSPS) is 11.0. The fraction of sp³-hybridized carbons (Fsp3) is 0.0909. The summed E-state index contributed by atoms with van der Waals surface area (Å²) in [5, 5.41) is 8.61. The van der Waals surface area contributed by atoms with Crippen LogP contribution in [-0.2, 0) is 9.53 Å². The maximum absolute atomic E-state index is 11.1. The Morgan fingerprint density at radius 1 is 1.31 bits per heavy atom. The maximum Gasteiger partial charge on any atom is 0.341 e. The Kier molecular flexibility index (Phi) is 4.13. The summed E-state index contributed by atoms with van der Waals surface area (Å²) in [6.07, 6.45) is 1.40. The number of rotatable bonds is 3. The van der Waals surface area contributed by atoms with Gasteiger partial charge in [-0.25, -0.2) is 9.59 Å². The van der Waals surface area contributed by atoms with Crippen molar-refractivity contribution in [3.8, 4) is 0 Å². The SMILES string of the molecule is COC(=O)c1ccc(C=C(S)C(=O)O)cc1. The number of ether oxygens (including phenoxy) is 1. The number of hydrogen-bond acceptors (Lipinski definition) is 4. The maximum atomic E-state index is 11.1. The molecular weight excluding hydrogens is 228 g/mol. The van der Waals surface area contributed by atoms with Gasteiger partial charge in [0, 0.05) is 0 Å². The molecule has 5 heteroatoms. The van der Waals surface area contributed by atoms with Crippen LogP contribution in [0.25, 0.3) is 6.08 Å². The highest BCUT2D eigenvalue weighted by Crippen LogP contribution is 2.11. The van der Waals surface area contributed by atoms with Crippen LogP contribution in [0.5, 0.6) is 0 Å². The Morgan fingerprint density at radius 2 is 1.88 bits per heavy atom. The van der Waals surface area contributed by atoms with Gasteiger partial charge in [0.05, 0.1) is 17.6 Å². The van der Waals surface area contributed by atoms with Crippen molar-refractivity contribution in [1.29, 1.82) is 0 Å². The summed E-state index contributed by atoms with van der Waals surface area (Å²) in [7, 11) is 1.30. The predicted molar refractivity (Wildman–Crippen MR) is 62.4 cm³/mol. The molecule has 0 aromatic heterocycles. The van der Waals surface area contributed by atoms with Gasteiger partial charge in [0.25, 0.3) is 0 Å². The van der Waals surface area contributed by atoms with Crippen molar-refractivity contribution in [2.75, 3.05) is 7.11 Å². The van der Waals surface area contributed by atoms with Crippen LogP contribution in [0.3, 0.4) is 0 Å². The second-order valence-corrected chi connectivity index (χ2v) is 3.43. The first kappa shape index (κ1) is 12.3. The molecule has 0 saturated heterocycles. The average Bonchev–Trinajstić information content (AvgIpc) is 2.28. The Balaban J connectivity index is 2.91. The van der Waals surface area contributed by atoms with E-state index in [1.807, 2.05) is 0 Å². The van der Waals surface area contributed by atoms with Crippen molar-refractivity contribution in [3.63, 3.8) is 0 Å². The molecule has 0 atom stereocenters. The van der Waals surface area contributed by atoms with Gasteiger partial charge in [0.15, 0.2) is 0 Å². The second kappa shape index (κ2) is 5.37. The van der Waals surface area contributed by atoms with Crippen molar-refractivity contribution in [1.82, 2.24) is 0 Å². The van der Waals surface area contributed by atoms with E-state index in [-0.39, 0.29) is 4.91 Å². The van der Waals surface area contributed by atoms with Gasteiger partial charge < -0.3 is 9.84 Å². The van der Waals surface area contributed by atoms with Crippen LogP contribution >= 0.6 is 12.6 Å². The van der Waals surface area contributed by atoms with E-state index >= 15 is 0 Å². The van der Waals surface area contributed by atoms with Gasteiger partial charge in [-0.05, 0) is 23.8 Å². The molecule has 0 aliphatic carbocycles. The number of esters is 1. The molecule has 84 valence electrons. The molecule has 0 amide bonds. The minimum atomic E-state index is -1.10. The Morgan fingerprint density at radius 3 is 2.31 bits per heavy atom. The number of hydrogen-bond donors (Lipinski definition) is 2. The van der Waals surface area contributed by atoms with E-state index in [9.17, 15) is 9.59 Å². The molecule has 0 radical (unpaired) electrons. The lowest BCUT2D eigenvalue weighted by atomic mass is 10.1. The van der Waals surface area contributed by atoms with E-state index in [1.54, 1.807) is 24.3 Å². The van der Waals surface area contributed by atoms with Crippen molar-refractivity contribution in [2.24, 2.45) is 0 Å². The topological polar surface area (TPSA) is 63.6 Å². The highest BCUT2D eigenvalue weighted by atomic mass is 32.1. The molecule has 0 aliphatic rings. The van der Waals surface area contributed by atoms with Crippen molar-refractivity contribution < 1.29 is 19.4 Å². The number of carboxylic acid groups (broad SMARTS) is 1. The standard InChI is InChI=1S/C11H10O4S/c1-15-11(14)8-4-2-7(3-5-8)6-9(16)10(12)13/h2-6,16H,1H3,(H,12,13). The molecule has 0 heterocycles. The van der Waals surface area contributed by atoms with Gasteiger partial charge in [-0.2, -0.15) is 0 Å². The second-order valence-electron chi connectivity index (χ2n) is 2.95. The van der Waals surface area contributed by atoms with E-state index in [4.69, 9.17) is 5.11 Å². The van der Waals surface area contributed by atoms with Gasteiger partial charge in [-0.3, -0.25) is 0 Å². The number of methoxy groups -OCH3 is 1. The first-order chi connectivity index (χ1) is 7.54. The lowest BCUT2D eigenvalue weighted by Crippen LogP contribution is -2.00. The van der Waals surface area contributed by atoms with E-state index in [0.717, 1.165) is 0 Å². The highest BCUT2D eigenvalue weighted by Gasteiger charge is 2.05. The predicted octanol–water partition coefficient (Wildman–Crippen LogP) is 1.83. The molecule has 0 fully saturated rings. The molecule has 1 N–H and O–H groups in total. The molecule has 0 unspecified atom stereocenters. The third-order valence-corrected chi connectivity index (χ3v) is 2.17. The summed E-state index contributed by atoms with van der Waals surface area (Å²) < 4.78 is 4.53. The summed E-state index contributed by atoms with van der Waals surface area (Å²) >= 11 is 3.79. The molecule has 16 heavy (non-hydrogen) atoms. The number of carboxylic acids is 1. The highest BCUT2D eigenvalue weighted by molar-refractivity contribution is 7.85. The van der Waals surface area contributed by atoms with Crippen LogP contribution in [0.2, 0.25) is 0 Å². The van der Waals surface area contributed by atoms with E-state index in [2.05, 4.69) is 17.4 Å². The lowest BCUT2D eigenvalue weighted by molar-refractivity contribution is -0.131. The van der Waals surface area contributed by atoms with E-state index in [0.29, 0.717) is 11.1 Å². The first-order valence-corrected chi connectivity index (χ1v) is 4.81. The lowest BCUT2D eigenvalue weighted by Gasteiger charge is -1.99. The fourth-order valence-electron chi connectivity index (χ4n) is 1.05. The molecule has 1 aromatic rings. The van der Waals surface area contributed by atoms with Gasteiger partial charge in [0.2, 0.25) is 0 Å². The smallest absolute Gasteiger partial charge is 0.341 e. The van der Waals surface area contributed by atoms with Crippen LogP contribution in [0.15, 0.2) is 29.2 Å². The summed E-state index contributed by atoms with van der Waals surface area (Å²) in [6.45, 7) is 0. The number of carbonyl (C=O) groups is 2. The monoisotopic (exact) mass is 238 g/mol. The van der Waals surface area contributed by atoms with E-state index < -0.39 is 11.9 Å². The zero-order valence-electron chi connectivity index (χ0n) is 8.51. The minimum absolute atomic E-state index is 0.0641. The number of thiol groups is 1. The third-order valence-electron chi connectivity index (χ3n) is 1.85. The summed E-state index contributed by atoms with van der Waals surface area (Å²) in [4.78, 5) is 21.6. The molecular formula is C11H10O4S. The zero-order valence-corrected chi connectivity index (χ0v) is 9.40. The molecule has 4 nitrogen and oxygen atoms in total. The number of benzene rings is 1. The summed E-state index contributed by atoms with van der Waals surface area (Å²) in [5.41, 5.74) is 1.07. The molecule has 0 saturated carbocycles. The van der Waals surface area contributed by atoms with Gasteiger partial charge in [-0.15, -0.1) is 12.6 Å². The van der Waals surface area contributed by atoms with Crippen LogP contribution < -0.4 is 0 Å². The Hall–Kier alpha value is -1.75. The van der Waals surface area contributed by atoms with Crippen LogP contribution in [-0.4, -0.2) is 24.2 Å². The third kappa shape index (κ3) is 3.13. The van der Waals surface area contributed by atoms with Crippen LogP contribution in [0, 0.1) is 0 Å². The Labute approximate surface area is 98.0 Å². The quantitative estimate of drug-likeness (QED) is 0.479. The average molecular weight is 238 g/mol.